The average Bonchev–Trinajstić information content (AvgIpc) is 2.45. The van der Waals surface area contributed by atoms with Gasteiger partial charge in [0.15, 0.2) is 0 Å². The van der Waals surface area contributed by atoms with E-state index in [4.69, 9.17) is 11.6 Å². The van der Waals surface area contributed by atoms with Crippen molar-refractivity contribution < 1.29 is 4.79 Å². The SMILES string of the molecule is O=C(Cl)c1ccc(CCCCc2ccncc2)cc1. The Labute approximate surface area is 118 Å². The summed E-state index contributed by atoms with van der Waals surface area (Å²) in [6.45, 7) is 0. The molecule has 2 rings (SSSR count). The van der Waals surface area contributed by atoms with Gasteiger partial charge in [-0.3, -0.25) is 9.78 Å². The molecule has 0 aliphatic heterocycles. The van der Waals surface area contributed by atoms with E-state index in [9.17, 15) is 4.79 Å². The Balaban J connectivity index is 1.75. The van der Waals surface area contributed by atoms with Gasteiger partial charge in [0.25, 0.3) is 5.24 Å². The van der Waals surface area contributed by atoms with E-state index in [0.29, 0.717) is 5.56 Å². The molecule has 0 aliphatic carbocycles. The van der Waals surface area contributed by atoms with Crippen molar-refractivity contribution in [3.05, 3.63) is 65.5 Å². The number of rotatable bonds is 6. The van der Waals surface area contributed by atoms with Gasteiger partial charge < -0.3 is 0 Å². The van der Waals surface area contributed by atoms with Crippen molar-refractivity contribution in [3.8, 4) is 0 Å². The summed E-state index contributed by atoms with van der Waals surface area (Å²) in [6, 6.07) is 11.6. The summed E-state index contributed by atoms with van der Waals surface area (Å²) in [4.78, 5) is 14.9. The molecule has 0 atom stereocenters. The Bertz CT molecular complexity index is 522. The van der Waals surface area contributed by atoms with Gasteiger partial charge in [-0.05, 0) is 72.7 Å². The van der Waals surface area contributed by atoms with Crippen molar-refractivity contribution in [2.24, 2.45) is 0 Å². The summed E-state index contributed by atoms with van der Waals surface area (Å²) >= 11 is 5.41. The minimum Gasteiger partial charge on any atom is -0.276 e. The van der Waals surface area contributed by atoms with E-state index < -0.39 is 5.24 Å². The number of aromatic nitrogens is 1. The molecule has 1 aromatic heterocycles. The highest BCUT2D eigenvalue weighted by atomic mass is 35.5. The number of carbonyl (C=O) groups excluding carboxylic acids is 1. The van der Waals surface area contributed by atoms with Crippen LogP contribution in [-0.4, -0.2) is 10.2 Å². The number of nitrogens with zero attached hydrogens (tertiary/aromatic N) is 1. The van der Waals surface area contributed by atoms with Crippen molar-refractivity contribution in [2.45, 2.75) is 25.7 Å². The smallest absolute Gasteiger partial charge is 0.252 e. The van der Waals surface area contributed by atoms with Gasteiger partial charge in [0, 0.05) is 18.0 Å². The van der Waals surface area contributed by atoms with E-state index in [0.717, 1.165) is 25.7 Å². The molecule has 0 fully saturated rings. The van der Waals surface area contributed by atoms with E-state index in [1.54, 1.807) is 12.1 Å². The van der Waals surface area contributed by atoms with Crippen molar-refractivity contribution in [1.82, 2.24) is 4.98 Å². The van der Waals surface area contributed by atoms with Crippen molar-refractivity contribution in [1.29, 1.82) is 0 Å². The van der Waals surface area contributed by atoms with Crippen molar-refractivity contribution in [2.75, 3.05) is 0 Å². The molecule has 0 saturated carbocycles. The molecule has 0 saturated heterocycles. The average molecular weight is 274 g/mol. The lowest BCUT2D eigenvalue weighted by atomic mass is 10.0. The van der Waals surface area contributed by atoms with Crippen LogP contribution in [0.15, 0.2) is 48.8 Å². The predicted octanol–water partition coefficient (Wildman–Crippen LogP) is 4.03. The highest BCUT2D eigenvalue weighted by Gasteiger charge is 2.01. The third-order valence-electron chi connectivity index (χ3n) is 3.11. The van der Waals surface area contributed by atoms with E-state index in [1.807, 2.05) is 24.5 Å². The van der Waals surface area contributed by atoms with Crippen LogP contribution in [0, 0.1) is 0 Å². The zero-order valence-electron chi connectivity index (χ0n) is 10.7. The molecular weight excluding hydrogens is 258 g/mol. The second-order valence-electron chi connectivity index (χ2n) is 4.53. The number of aryl methyl sites for hydroxylation is 2. The molecule has 0 unspecified atom stereocenters. The van der Waals surface area contributed by atoms with Gasteiger partial charge in [-0.1, -0.05) is 12.1 Å². The molecule has 2 nitrogen and oxygen atoms in total. The second-order valence-corrected chi connectivity index (χ2v) is 4.88. The minimum absolute atomic E-state index is 0.399. The summed E-state index contributed by atoms with van der Waals surface area (Å²) in [5.41, 5.74) is 3.14. The maximum Gasteiger partial charge on any atom is 0.252 e. The number of carbonyl (C=O) groups is 1. The number of hydrogen-bond acceptors (Lipinski definition) is 2. The Morgan fingerprint density at radius 2 is 1.42 bits per heavy atom. The van der Waals surface area contributed by atoms with Gasteiger partial charge in [-0.2, -0.15) is 0 Å². The lowest BCUT2D eigenvalue weighted by Gasteiger charge is -2.03. The van der Waals surface area contributed by atoms with Crippen LogP contribution in [0.4, 0.5) is 0 Å². The van der Waals surface area contributed by atoms with Crippen LogP contribution in [0.25, 0.3) is 0 Å². The summed E-state index contributed by atoms with van der Waals surface area (Å²) < 4.78 is 0. The maximum absolute atomic E-state index is 10.9. The topological polar surface area (TPSA) is 30.0 Å². The van der Waals surface area contributed by atoms with Crippen LogP contribution < -0.4 is 0 Å². The fourth-order valence-electron chi connectivity index (χ4n) is 2.01. The van der Waals surface area contributed by atoms with Gasteiger partial charge in [0.1, 0.15) is 0 Å². The van der Waals surface area contributed by atoms with Crippen molar-refractivity contribution >= 4 is 16.8 Å². The fraction of sp³-hybridized carbons (Fsp3) is 0.250. The molecule has 1 heterocycles. The highest BCUT2D eigenvalue weighted by Crippen LogP contribution is 2.11. The van der Waals surface area contributed by atoms with Gasteiger partial charge in [0.05, 0.1) is 0 Å². The Morgan fingerprint density at radius 1 is 0.895 bits per heavy atom. The number of unbranched alkanes of at least 4 members (excludes halogenated alkanes) is 1. The molecule has 0 bridgehead atoms. The first-order valence-electron chi connectivity index (χ1n) is 6.43. The summed E-state index contributed by atoms with van der Waals surface area (Å²) in [7, 11) is 0. The molecule has 0 radical (unpaired) electrons. The predicted molar refractivity (Wildman–Crippen MR) is 77.5 cm³/mol. The molecule has 19 heavy (non-hydrogen) atoms. The monoisotopic (exact) mass is 273 g/mol. The van der Waals surface area contributed by atoms with E-state index >= 15 is 0 Å². The normalized spacial score (nSPS) is 10.4. The number of hydrogen-bond donors (Lipinski definition) is 0. The fourth-order valence-corrected chi connectivity index (χ4v) is 2.14. The quantitative estimate of drug-likeness (QED) is 0.588. The first-order valence-corrected chi connectivity index (χ1v) is 6.81. The van der Waals surface area contributed by atoms with Crippen LogP contribution in [-0.2, 0) is 12.8 Å². The van der Waals surface area contributed by atoms with E-state index in [2.05, 4.69) is 17.1 Å². The molecule has 0 aliphatic rings. The molecule has 0 amide bonds. The maximum atomic E-state index is 10.9. The molecular formula is C16H16ClNO. The van der Waals surface area contributed by atoms with E-state index in [1.165, 1.54) is 11.1 Å². The Kier molecular flexibility index (Phi) is 5.10. The Hall–Kier alpha value is -1.67. The van der Waals surface area contributed by atoms with Crippen LogP contribution in [0.3, 0.4) is 0 Å². The lowest BCUT2D eigenvalue weighted by molar-refractivity contribution is 0.108. The van der Waals surface area contributed by atoms with Crippen molar-refractivity contribution in [3.63, 3.8) is 0 Å². The summed E-state index contributed by atoms with van der Waals surface area (Å²) in [6.07, 6.45) is 8.06. The van der Waals surface area contributed by atoms with Crippen LogP contribution in [0.2, 0.25) is 0 Å². The standard InChI is InChI=1S/C16H16ClNO/c17-16(19)15-7-5-13(6-8-15)3-1-2-4-14-9-11-18-12-10-14/h5-12H,1-4H2. The largest absolute Gasteiger partial charge is 0.276 e. The van der Waals surface area contributed by atoms with Gasteiger partial charge >= 0.3 is 0 Å². The van der Waals surface area contributed by atoms with Gasteiger partial charge in [-0.15, -0.1) is 0 Å². The van der Waals surface area contributed by atoms with Crippen LogP contribution >= 0.6 is 11.6 Å². The molecule has 0 N–H and O–H groups in total. The van der Waals surface area contributed by atoms with Gasteiger partial charge in [0.2, 0.25) is 0 Å². The first kappa shape index (κ1) is 13.8. The molecule has 98 valence electrons. The van der Waals surface area contributed by atoms with Crippen LogP contribution in [0.1, 0.15) is 34.3 Å². The van der Waals surface area contributed by atoms with E-state index in [-0.39, 0.29) is 0 Å². The van der Waals surface area contributed by atoms with Crippen LogP contribution in [0.5, 0.6) is 0 Å². The number of benzene rings is 1. The minimum atomic E-state index is -0.399. The molecule has 1 aromatic carbocycles. The zero-order valence-corrected chi connectivity index (χ0v) is 11.4. The number of halogens is 1. The molecule has 3 heteroatoms. The molecule has 2 aromatic rings. The highest BCUT2D eigenvalue weighted by molar-refractivity contribution is 6.67. The summed E-state index contributed by atoms with van der Waals surface area (Å²) in [5.74, 6) is 0. The third kappa shape index (κ3) is 4.49. The Morgan fingerprint density at radius 3 is 1.95 bits per heavy atom. The van der Waals surface area contributed by atoms with Gasteiger partial charge in [-0.25, -0.2) is 0 Å². The third-order valence-corrected chi connectivity index (χ3v) is 3.33. The first-order chi connectivity index (χ1) is 9.25. The zero-order chi connectivity index (χ0) is 13.5. The second kappa shape index (κ2) is 7.05. The lowest BCUT2D eigenvalue weighted by Crippen LogP contribution is -1.92. The molecule has 0 spiro atoms. The number of pyridine rings is 1. The summed E-state index contributed by atoms with van der Waals surface area (Å²) in [5, 5.41) is -0.399.